The first-order valence-electron chi connectivity index (χ1n) is 7.67. The van der Waals surface area contributed by atoms with Crippen LogP contribution in [0.15, 0.2) is 77.9 Å². The van der Waals surface area contributed by atoms with Crippen LogP contribution in [0.25, 0.3) is 5.70 Å². The second-order valence-electron chi connectivity index (χ2n) is 5.65. The highest BCUT2D eigenvalue weighted by molar-refractivity contribution is 5.94. The third-order valence-corrected chi connectivity index (χ3v) is 4.04. The van der Waals surface area contributed by atoms with E-state index in [0.29, 0.717) is 5.57 Å². The van der Waals surface area contributed by atoms with Gasteiger partial charge in [-0.05, 0) is 30.5 Å². The van der Waals surface area contributed by atoms with Gasteiger partial charge in [0.1, 0.15) is 0 Å². The maximum Gasteiger partial charge on any atom is 0.150 e. The van der Waals surface area contributed by atoms with Crippen molar-refractivity contribution in [3.8, 4) is 0 Å². The van der Waals surface area contributed by atoms with Crippen LogP contribution in [-0.4, -0.2) is 6.29 Å². The average molecular weight is 301 g/mol. The summed E-state index contributed by atoms with van der Waals surface area (Å²) in [7, 11) is 0. The normalized spacial score (nSPS) is 15.3. The molecule has 0 aliphatic heterocycles. The van der Waals surface area contributed by atoms with Crippen molar-refractivity contribution in [2.24, 2.45) is 0 Å². The topological polar surface area (TPSA) is 29.1 Å². The van der Waals surface area contributed by atoms with E-state index in [-0.39, 0.29) is 0 Å². The van der Waals surface area contributed by atoms with Crippen LogP contribution in [0.1, 0.15) is 16.7 Å². The van der Waals surface area contributed by atoms with E-state index in [1.807, 2.05) is 36.4 Å². The fourth-order valence-electron chi connectivity index (χ4n) is 2.80. The van der Waals surface area contributed by atoms with Gasteiger partial charge in [-0.3, -0.25) is 4.79 Å². The van der Waals surface area contributed by atoms with Gasteiger partial charge >= 0.3 is 0 Å². The van der Waals surface area contributed by atoms with Crippen molar-refractivity contribution in [3.05, 3.63) is 94.6 Å². The summed E-state index contributed by atoms with van der Waals surface area (Å²) in [5, 5.41) is 3.57. The first kappa shape index (κ1) is 15.0. The summed E-state index contributed by atoms with van der Waals surface area (Å²) in [6.07, 6.45) is 6.64. The molecule has 0 bridgehead atoms. The molecule has 1 N–H and O–H groups in total. The largest absolute Gasteiger partial charge is 0.354 e. The third-order valence-electron chi connectivity index (χ3n) is 4.04. The van der Waals surface area contributed by atoms with E-state index in [1.165, 1.54) is 11.1 Å². The molecule has 0 heterocycles. The zero-order valence-electron chi connectivity index (χ0n) is 13.3. The van der Waals surface area contributed by atoms with Crippen molar-refractivity contribution in [1.82, 2.24) is 0 Å². The zero-order valence-corrected chi connectivity index (χ0v) is 13.3. The van der Waals surface area contributed by atoms with Crippen molar-refractivity contribution < 1.29 is 4.79 Å². The molecule has 0 saturated heterocycles. The quantitative estimate of drug-likeness (QED) is 0.820. The minimum absolute atomic E-state index is 0.697. The fourth-order valence-corrected chi connectivity index (χ4v) is 2.80. The summed E-state index contributed by atoms with van der Waals surface area (Å²) < 4.78 is 0. The number of carbonyl (C=O) groups is 1. The molecular formula is C21H19NO. The number of rotatable bonds is 4. The number of carbonyl (C=O) groups excluding carboxylic acids is 1. The Labute approximate surface area is 136 Å². The van der Waals surface area contributed by atoms with Gasteiger partial charge in [0.2, 0.25) is 0 Å². The van der Waals surface area contributed by atoms with Gasteiger partial charge in [-0.2, -0.15) is 0 Å². The van der Waals surface area contributed by atoms with Crippen LogP contribution in [-0.2, 0) is 4.79 Å². The summed E-state index contributed by atoms with van der Waals surface area (Å²) in [5.74, 6) is 0. The summed E-state index contributed by atoms with van der Waals surface area (Å²) in [6.45, 7) is 4.17. The highest BCUT2D eigenvalue weighted by Gasteiger charge is 2.15. The molecule has 114 valence electrons. The van der Waals surface area contributed by atoms with Crippen LogP contribution >= 0.6 is 0 Å². The van der Waals surface area contributed by atoms with E-state index in [9.17, 15) is 4.79 Å². The number of hydrogen-bond donors (Lipinski definition) is 1. The Morgan fingerprint density at radius 3 is 2.30 bits per heavy atom. The van der Waals surface area contributed by atoms with E-state index in [2.05, 4.69) is 49.5 Å². The van der Waals surface area contributed by atoms with Crippen LogP contribution in [0.3, 0.4) is 0 Å². The van der Waals surface area contributed by atoms with Crippen LogP contribution in [0.5, 0.6) is 0 Å². The molecular weight excluding hydrogens is 282 g/mol. The van der Waals surface area contributed by atoms with E-state index < -0.39 is 0 Å². The van der Waals surface area contributed by atoms with Crippen molar-refractivity contribution in [2.75, 3.05) is 5.32 Å². The Kier molecular flexibility index (Phi) is 4.24. The monoisotopic (exact) mass is 301 g/mol. The Bertz CT molecular complexity index is 806. The number of aldehydes is 1. The number of anilines is 1. The number of aryl methyl sites for hydroxylation is 2. The van der Waals surface area contributed by atoms with Crippen molar-refractivity contribution in [1.29, 1.82) is 0 Å². The Hall–Kier alpha value is -2.87. The summed E-state index contributed by atoms with van der Waals surface area (Å²) in [5.41, 5.74) is 7.08. The number of allylic oxidation sites excluding steroid dienone is 5. The second kappa shape index (κ2) is 6.49. The molecule has 0 radical (unpaired) electrons. The lowest BCUT2D eigenvalue weighted by molar-refractivity contribution is -0.104. The van der Waals surface area contributed by atoms with Crippen molar-refractivity contribution >= 4 is 17.7 Å². The van der Waals surface area contributed by atoms with Crippen LogP contribution in [0.2, 0.25) is 0 Å². The molecule has 2 heteroatoms. The van der Waals surface area contributed by atoms with Gasteiger partial charge in [0.05, 0.1) is 5.70 Å². The summed E-state index contributed by atoms with van der Waals surface area (Å²) >= 11 is 0. The molecule has 0 amide bonds. The van der Waals surface area contributed by atoms with Crippen molar-refractivity contribution in [2.45, 2.75) is 13.8 Å². The van der Waals surface area contributed by atoms with Gasteiger partial charge in [0.15, 0.2) is 6.29 Å². The number of para-hydroxylation sites is 1. The van der Waals surface area contributed by atoms with Crippen LogP contribution in [0.4, 0.5) is 5.69 Å². The highest BCUT2D eigenvalue weighted by Crippen LogP contribution is 2.31. The molecule has 0 saturated carbocycles. The molecule has 0 aromatic heterocycles. The standard InChI is InChI=1S/C21H19NO/c1-15-8-6-9-16(2)20(15)22-21(17-10-4-3-5-11-17)19-13-7-12-18(19)14-23/h3-14,22H,1-2H3/b21-19-. The maximum absolute atomic E-state index is 11.4. The van der Waals surface area contributed by atoms with Gasteiger partial charge in [-0.1, -0.05) is 66.8 Å². The van der Waals surface area contributed by atoms with Gasteiger partial charge in [-0.25, -0.2) is 0 Å². The van der Waals surface area contributed by atoms with Crippen molar-refractivity contribution in [3.63, 3.8) is 0 Å². The number of hydrogen-bond acceptors (Lipinski definition) is 2. The molecule has 2 aromatic rings. The van der Waals surface area contributed by atoms with E-state index in [1.54, 1.807) is 0 Å². The zero-order chi connectivity index (χ0) is 16.2. The minimum atomic E-state index is 0.697. The molecule has 0 spiro atoms. The van der Waals surface area contributed by atoms with E-state index >= 15 is 0 Å². The van der Waals surface area contributed by atoms with Gasteiger partial charge in [-0.15, -0.1) is 0 Å². The molecule has 0 atom stereocenters. The molecule has 3 rings (SSSR count). The number of benzene rings is 2. The summed E-state index contributed by atoms with van der Waals surface area (Å²) in [4.78, 5) is 11.4. The fraction of sp³-hybridized carbons (Fsp3) is 0.0952. The second-order valence-corrected chi connectivity index (χ2v) is 5.65. The third kappa shape index (κ3) is 3.02. The van der Waals surface area contributed by atoms with Gasteiger partial charge < -0.3 is 5.32 Å². The SMILES string of the molecule is Cc1cccc(C)c1N/C(=C1/C=CC=C1C=O)c1ccccc1. The highest BCUT2D eigenvalue weighted by atomic mass is 16.1. The predicted octanol–water partition coefficient (Wildman–Crippen LogP) is 4.82. The molecule has 1 aliphatic rings. The Balaban J connectivity index is 2.15. The molecule has 23 heavy (non-hydrogen) atoms. The van der Waals surface area contributed by atoms with Crippen LogP contribution in [0, 0.1) is 13.8 Å². The predicted molar refractivity (Wildman–Crippen MR) is 96.2 cm³/mol. The Morgan fingerprint density at radius 2 is 1.65 bits per heavy atom. The molecule has 0 fully saturated rings. The minimum Gasteiger partial charge on any atom is -0.354 e. The van der Waals surface area contributed by atoms with E-state index in [4.69, 9.17) is 0 Å². The van der Waals surface area contributed by atoms with Gasteiger partial charge in [0, 0.05) is 16.8 Å². The van der Waals surface area contributed by atoms with Gasteiger partial charge in [0.25, 0.3) is 0 Å². The van der Waals surface area contributed by atoms with Crippen LogP contribution < -0.4 is 5.32 Å². The molecule has 1 aliphatic carbocycles. The maximum atomic E-state index is 11.4. The lowest BCUT2D eigenvalue weighted by Crippen LogP contribution is -2.06. The molecule has 2 nitrogen and oxygen atoms in total. The smallest absolute Gasteiger partial charge is 0.150 e. The lowest BCUT2D eigenvalue weighted by Gasteiger charge is -2.18. The first-order chi connectivity index (χ1) is 11.2. The average Bonchev–Trinajstić information content (AvgIpc) is 3.04. The first-order valence-corrected chi connectivity index (χ1v) is 7.67. The molecule has 0 unspecified atom stereocenters. The lowest BCUT2D eigenvalue weighted by atomic mass is 10.0. The number of nitrogens with one attached hydrogen (secondary N) is 1. The van der Waals surface area contributed by atoms with E-state index in [0.717, 1.165) is 28.8 Å². The molecule has 2 aromatic carbocycles. The summed E-state index contributed by atoms with van der Waals surface area (Å²) in [6, 6.07) is 16.3. The Morgan fingerprint density at radius 1 is 0.957 bits per heavy atom.